The second kappa shape index (κ2) is 3.67. The van der Waals surface area contributed by atoms with Gasteiger partial charge in [-0.2, -0.15) is 0 Å². The molecule has 6 heteroatoms. The van der Waals surface area contributed by atoms with Crippen LogP contribution < -0.4 is 5.73 Å². The van der Waals surface area contributed by atoms with Crippen molar-refractivity contribution >= 4 is 13.8 Å². The van der Waals surface area contributed by atoms with Crippen molar-refractivity contribution < 1.29 is 18.0 Å². The van der Waals surface area contributed by atoms with Gasteiger partial charge in [-0.3, -0.25) is 4.79 Å². The van der Waals surface area contributed by atoms with E-state index in [1.165, 1.54) is 0 Å². The molecule has 2 nitrogen and oxygen atoms in total. The molecule has 2 aliphatic carbocycles. The fourth-order valence-corrected chi connectivity index (χ4v) is 3.74. The highest BCUT2D eigenvalue weighted by Crippen LogP contribution is 2.64. The third kappa shape index (κ3) is 1.45. The van der Waals surface area contributed by atoms with Crippen LogP contribution in [0.4, 0.5) is 13.2 Å². The molecule has 0 heterocycles. The van der Waals surface area contributed by atoms with Gasteiger partial charge in [-0.25, -0.2) is 13.2 Å². The monoisotopic (exact) mass is 233 g/mol. The Morgan fingerprint density at radius 3 is 2.56 bits per heavy atom. The number of carbonyl (C=O) groups excluding carboxylic acids is 1. The van der Waals surface area contributed by atoms with Crippen molar-refractivity contribution in [2.24, 2.45) is 29.4 Å². The van der Waals surface area contributed by atoms with Crippen molar-refractivity contribution in [3.63, 3.8) is 0 Å². The van der Waals surface area contributed by atoms with Crippen LogP contribution in [-0.2, 0) is 4.79 Å². The topological polar surface area (TPSA) is 43.1 Å². The predicted molar refractivity (Wildman–Crippen MR) is 55.6 cm³/mol. The van der Waals surface area contributed by atoms with Crippen LogP contribution in [0.25, 0.3) is 0 Å². The first-order chi connectivity index (χ1) is 7.40. The van der Waals surface area contributed by atoms with E-state index in [-0.39, 0.29) is 11.7 Å². The molecule has 3 unspecified atom stereocenters. The van der Waals surface area contributed by atoms with E-state index in [1.54, 1.807) is 7.85 Å². The zero-order chi connectivity index (χ0) is 12.1. The first kappa shape index (κ1) is 11.8. The average Bonchev–Trinajstić information content (AvgIpc) is 2.56. The van der Waals surface area contributed by atoms with Crippen LogP contribution in [0.2, 0.25) is 5.82 Å². The molecule has 0 aromatic heterocycles. The number of alkyl halides is 3. The Bertz CT molecular complexity index is 312. The van der Waals surface area contributed by atoms with E-state index in [1.807, 2.05) is 0 Å². The molecule has 2 aliphatic rings. The number of hydrogen-bond donors (Lipinski definition) is 1. The molecule has 1 amide bonds. The smallest absolute Gasteiger partial charge is 0.278 e. The maximum Gasteiger partial charge on any atom is 0.278 e. The van der Waals surface area contributed by atoms with Gasteiger partial charge in [0.15, 0.2) is 6.67 Å². The second-order valence-corrected chi connectivity index (χ2v) is 5.11. The molecular weight excluding hydrogens is 218 g/mol. The zero-order valence-electron chi connectivity index (χ0n) is 9.13. The van der Waals surface area contributed by atoms with Gasteiger partial charge in [0.05, 0.1) is 0 Å². The fraction of sp³-hybridized carbons (Fsp3) is 0.900. The van der Waals surface area contributed by atoms with Crippen LogP contribution in [0.1, 0.15) is 12.8 Å². The molecule has 2 fully saturated rings. The summed E-state index contributed by atoms with van der Waals surface area (Å²) in [5, 5.41) is 0. The first-order valence-electron chi connectivity index (χ1n) is 5.63. The van der Waals surface area contributed by atoms with Crippen LogP contribution >= 0.6 is 0 Å². The predicted octanol–water partition coefficient (Wildman–Crippen LogP) is 0.770. The minimum absolute atomic E-state index is 0.125. The Morgan fingerprint density at radius 1 is 1.44 bits per heavy atom. The minimum atomic E-state index is -3.31. The zero-order valence-corrected chi connectivity index (χ0v) is 9.13. The summed E-state index contributed by atoms with van der Waals surface area (Å²) in [7, 11) is 1.72. The van der Waals surface area contributed by atoms with Gasteiger partial charge in [0.25, 0.3) is 5.92 Å². The summed E-state index contributed by atoms with van der Waals surface area (Å²) in [6, 6.07) is 0. The molecule has 0 aromatic rings. The number of primary amides is 1. The molecule has 2 saturated carbocycles. The van der Waals surface area contributed by atoms with Crippen molar-refractivity contribution in [3.05, 3.63) is 0 Å². The van der Waals surface area contributed by atoms with Crippen molar-refractivity contribution in [1.82, 2.24) is 0 Å². The number of halogens is 3. The Balaban J connectivity index is 2.19. The number of nitrogens with two attached hydrogens (primary N) is 1. The molecule has 2 rings (SSSR count). The third-order valence-electron chi connectivity index (χ3n) is 4.46. The molecule has 0 spiro atoms. The van der Waals surface area contributed by atoms with E-state index in [2.05, 4.69) is 0 Å². The largest absolute Gasteiger partial charge is 0.369 e. The van der Waals surface area contributed by atoms with Gasteiger partial charge in [0.2, 0.25) is 5.91 Å². The average molecular weight is 233 g/mol. The number of rotatable bonds is 3. The molecule has 90 valence electrons. The van der Waals surface area contributed by atoms with Gasteiger partial charge in [0.1, 0.15) is 7.85 Å². The summed E-state index contributed by atoms with van der Waals surface area (Å²) in [6.07, 6.45) is 1.34. The minimum Gasteiger partial charge on any atom is -0.369 e. The van der Waals surface area contributed by atoms with Gasteiger partial charge >= 0.3 is 0 Å². The molecule has 2 N–H and O–H groups in total. The Morgan fingerprint density at radius 2 is 2.06 bits per heavy atom. The maximum atomic E-state index is 13.4. The fourth-order valence-electron chi connectivity index (χ4n) is 3.74. The summed E-state index contributed by atoms with van der Waals surface area (Å²) < 4.78 is 39.1. The Labute approximate surface area is 93.2 Å². The van der Waals surface area contributed by atoms with E-state index in [4.69, 9.17) is 5.73 Å². The molecule has 0 saturated heterocycles. The second-order valence-electron chi connectivity index (χ2n) is 5.11. The summed E-state index contributed by atoms with van der Waals surface area (Å²) >= 11 is 0. The van der Waals surface area contributed by atoms with Crippen LogP contribution in [0.3, 0.4) is 0 Å². The number of amides is 1. The molecular formula is C10H15BF3NO. The molecule has 5 atom stereocenters. The molecule has 0 bridgehead atoms. The molecule has 0 radical (unpaired) electrons. The van der Waals surface area contributed by atoms with Crippen molar-refractivity contribution in [2.75, 3.05) is 6.67 Å². The number of fused-ring (bicyclic) bond motifs is 1. The van der Waals surface area contributed by atoms with Crippen molar-refractivity contribution in [2.45, 2.75) is 24.6 Å². The van der Waals surface area contributed by atoms with Gasteiger partial charge in [-0.05, 0) is 24.7 Å². The summed E-state index contributed by atoms with van der Waals surface area (Å²) in [4.78, 5) is 11.1. The van der Waals surface area contributed by atoms with Crippen LogP contribution in [0, 0.1) is 23.7 Å². The Kier molecular flexibility index (Phi) is 2.71. The van der Waals surface area contributed by atoms with Gasteiger partial charge in [-0.15, -0.1) is 0 Å². The highest BCUT2D eigenvalue weighted by molar-refractivity contribution is 6.13. The van der Waals surface area contributed by atoms with Gasteiger partial charge < -0.3 is 5.73 Å². The first-order valence-corrected chi connectivity index (χ1v) is 5.63. The van der Waals surface area contributed by atoms with Gasteiger partial charge in [-0.1, -0.05) is 5.82 Å². The van der Waals surface area contributed by atoms with Crippen LogP contribution in [0.5, 0.6) is 0 Å². The van der Waals surface area contributed by atoms with Crippen molar-refractivity contribution in [1.29, 1.82) is 0 Å². The quantitative estimate of drug-likeness (QED) is 0.719. The van der Waals surface area contributed by atoms with E-state index in [0.29, 0.717) is 6.42 Å². The Hall–Kier alpha value is -0.675. The van der Waals surface area contributed by atoms with Crippen LogP contribution in [-0.4, -0.2) is 26.4 Å². The van der Waals surface area contributed by atoms with E-state index in [9.17, 15) is 18.0 Å². The molecule has 16 heavy (non-hydrogen) atoms. The lowest BCUT2D eigenvalue weighted by atomic mass is 9.47. The molecule has 0 aromatic carbocycles. The standard InChI is InChI=1S/C10H15BF3NO/c11-8-4-1-2-5(9(15)16)6(4)7(8)10(13,14)3-12/h4-8H,1-3,11H2,(H2,15,16)/t4-,5?,6-,7?,8?/m0/s1. The normalized spacial score (nSPS) is 42.6. The van der Waals surface area contributed by atoms with E-state index >= 15 is 0 Å². The lowest BCUT2D eigenvalue weighted by Gasteiger charge is -2.51. The highest BCUT2D eigenvalue weighted by atomic mass is 19.3. The maximum absolute atomic E-state index is 13.4. The lowest BCUT2D eigenvalue weighted by molar-refractivity contribution is -0.157. The highest BCUT2D eigenvalue weighted by Gasteiger charge is 2.63. The van der Waals surface area contributed by atoms with Crippen molar-refractivity contribution in [3.8, 4) is 0 Å². The van der Waals surface area contributed by atoms with E-state index < -0.39 is 36.3 Å². The van der Waals surface area contributed by atoms with Crippen LogP contribution in [0.15, 0.2) is 0 Å². The van der Waals surface area contributed by atoms with Gasteiger partial charge in [0, 0.05) is 11.8 Å². The number of carbonyl (C=O) groups is 1. The molecule has 0 aliphatic heterocycles. The summed E-state index contributed by atoms with van der Waals surface area (Å²) in [6.45, 7) is -1.64. The number of hydrogen-bond acceptors (Lipinski definition) is 1. The van der Waals surface area contributed by atoms with E-state index in [0.717, 1.165) is 6.42 Å². The summed E-state index contributed by atoms with van der Waals surface area (Å²) in [5.41, 5.74) is 5.20. The lowest BCUT2D eigenvalue weighted by Crippen LogP contribution is -2.54. The summed E-state index contributed by atoms with van der Waals surface area (Å²) in [5.74, 6) is -5.80. The SMILES string of the molecule is BC1C(C(F)(F)CF)[C@@H]2C(C(N)=O)CC[C@H]12. The third-order valence-corrected chi connectivity index (χ3v) is 4.46.